The number of ether oxygens (including phenoxy) is 2. The van der Waals surface area contributed by atoms with Crippen molar-refractivity contribution >= 4 is 22.2 Å². The molecule has 0 saturated carbocycles. The highest BCUT2D eigenvalue weighted by Crippen LogP contribution is 2.24. The average Bonchev–Trinajstić information content (AvgIpc) is 2.32. The second kappa shape index (κ2) is 7.88. The molecule has 0 saturated heterocycles. The molecule has 2 N–H and O–H groups in total. The summed E-state index contributed by atoms with van der Waals surface area (Å²) < 4.78 is 63.0. The Morgan fingerprint density at radius 1 is 1.29 bits per heavy atom. The van der Waals surface area contributed by atoms with Crippen molar-refractivity contribution in [3.63, 3.8) is 0 Å². The molecule has 0 aliphatic heterocycles. The third-order valence-corrected chi connectivity index (χ3v) is 2.92. The molecule has 0 aliphatic carbocycles. The van der Waals surface area contributed by atoms with Crippen LogP contribution in [-0.2, 0) is 24.4 Å². The molecule has 0 aromatic carbocycles. The van der Waals surface area contributed by atoms with Gasteiger partial charge in [0.15, 0.2) is 0 Å². The third kappa shape index (κ3) is 7.56. The van der Waals surface area contributed by atoms with Gasteiger partial charge in [-0.3, -0.25) is 4.55 Å². The molecular weight excluding hydrogens is 316 g/mol. The lowest BCUT2D eigenvalue weighted by Crippen LogP contribution is -2.32. The fraction of sp³-hybridized carbons (Fsp3) is 0.600. The van der Waals surface area contributed by atoms with Gasteiger partial charge in [0.2, 0.25) is 0 Å². The minimum Gasteiger partial charge on any atom is -0.460 e. The monoisotopic (exact) mass is 331 g/mol. The molecule has 0 aromatic rings. The van der Waals surface area contributed by atoms with E-state index in [-0.39, 0.29) is 18.7 Å². The van der Waals surface area contributed by atoms with E-state index in [4.69, 9.17) is 4.55 Å². The van der Waals surface area contributed by atoms with Crippen molar-refractivity contribution < 1.29 is 40.8 Å². The number of alkyl carbamates (subject to hydrolysis) is 1. The summed E-state index contributed by atoms with van der Waals surface area (Å²) in [5.74, 6) is -0.655. The molecule has 0 atom stereocenters. The first-order valence-electron chi connectivity index (χ1n) is 5.55. The number of rotatable bonds is 8. The summed E-state index contributed by atoms with van der Waals surface area (Å²) >= 11 is 0. The van der Waals surface area contributed by atoms with Gasteiger partial charge in [-0.15, -0.1) is 0 Å². The van der Waals surface area contributed by atoms with Gasteiger partial charge in [-0.2, -0.15) is 17.2 Å². The highest BCUT2D eigenvalue weighted by Gasteiger charge is 2.43. The van der Waals surface area contributed by atoms with E-state index < -0.39 is 40.5 Å². The average molecular weight is 331 g/mol. The lowest BCUT2D eigenvalue weighted by molar-refractivity contribution is -0.138. The summed E-state index contributed by atoms with van der Waals surface area (Å²) in [4.78, 5) is 21.9. The van der Waals surface area contributed by atoms with Gasteiger partial charge in [0, 0.05) is 5.57 Å². The van der Waals surface area contributed by atoms with Crippen LogP contribution in [0.3, 0.4) is 0 Å². The van der Waals surface area contributed by atoms with Gasteiger partial charge in [-0.05, 0) is 6.92 Å². The van der Waals surface area contributed by atoms with Gasteiger partial charge in [0.25, 0.3) is 0 Å². The van der Waals surface area contributed by atoms with Crippen molar-refractivity contribution in [2.24, 2.45) is 0 Å². The molecule has 122 valence electrons. The molecule has 0 heterocycles. The maximum absolute atomic E-state index is 12.7. The number of hydrogen-bond acceptors (Lipinski definition) is 6. The largest absolute Gasteiger partial charge is 0.460 e. The Labute approximate surface area is 119 Å². The van der Waals surface area contributed by atoms with Gasteiger partial charge in [0.05, 0.1) is 13.0 Å². The van der Waals surface area contributed by atoms with Gasteiger partial charge >= 0.3 is 27.4 Å². The van der Waals surface area contributed by atoms with E-state index in [1.165, 1.54) is 6.92 Å². The molecule has 0 rings (SSSR count). The van der Waals surface area contributed by atoms with Crippen molar-refractivity contribution in [3.05, 3.63) is 12.2 Å². The summed E-state index contributed by atoms with van der Waals surface area (Å²) in [7, 11) is -5.55. The van der Waals surface area contributed by atoms with Gasteiger partial charge in [-0.25, -0.2) is 9.59 Å². The van der Waals surface area contributed by atoms with Gasteiger partial charge in [-0.1, -0.05) is 6.58 Å². The predicted molar refractivity (Wildman–Crippen MR) is 66.2 cm³/mol. The molecule has 0 aliphatic rings. The zero-order chi connectivity index (χ0) is 16.7. The summed E-state index contributed by atoms with van der Waals surface area (Å²) in [5.41, 5.74) is 0.171. The molecule has 21 heavy (non-hydrogen) atoms. The lowest BCUT2D eigenvalue weighted by atomic mass is 10.4. The Morgan fingerprint density at radius 3 is 2.33 bits per heavy atom. The second-order valence-electron chi connectivity index (χ2n) is 3.84. The Kier molecular flexibility index (Phi) is 7.22. The number of nitrogens with one attached hydrogen (secondary N) is 1. The van der Waals surface area contributed by atoms with Crippen LogP contribution in [0.25, 0.3) is 0 Å². The van der Waals surface area contributed by atoms with Gasteiger partial charge < -0.3 is 14.8 Å². The molecular formula is C10H15F2NO7S. The number of carbonyl (C=O) groups excluding carboxylic acids is 2. The topological polar surface area (TPSA) is 119 Å². The normalized spacial score (nSPS) is 11.6. The van der Waals surface area contributed by atoms with Crippen LogP contribution < -0.4 is 5.32 Å². The first kappa shape index (κ1) is 19.2. The highest BCUT2D eigenvalue weighted by molar-refractivity contribution is 7.86. The Balaban J connectivity index is 3.88. The molecule has 0 unspecified atom stereocenters. The number of esters is 1. The number of carbonyl (C=O) groups is 2. The van der Waals surface area contributed by atoms with Crippen LogP contribution in [0.15, 0.2) is 12.2 Å². The van der Waals surface area contributed by atoms with Crippen molar-refractivity contribution in [3.8, 4) is 0 Å². The van der Waals surface area contributed by atoms with Crippen LogP contribution in [0.2, 0.25) is 0 Å². The maximum Gasteiger partial charge on any atom is 0.407 e. The van der Waals surface area contributed by atoms with Crippen molar-refractivity contribution in [2.75, 3.05) is 19.8 Å². The smallest absolute Gasteiger partial charge is 0.407 e. The standard InChI is InChI=1S/C10H15F2NO7S/c1-7(2)8(14)19-6-4-13-9(15)20-5-3-10(11,12)21(16,17)18/h1,3-6H2,2H3,(H,13,15)(H,16,17,18). The van der Waals surface area contributed by atoms with Crippen molar-refractivity contribution in [1.82, 2.24) is 5.32 Å². The molecule has 0 radical (unpaired) electrons. The number of halogens is 2. The van der Waals surface area contributed by atoms with Crippen LogP contribution in [-0.4, -0.2) is 50.0 Å². The molecule has 11 heteroatoms. The first-order valence-corrected chi connectivity index (χ1v) is 6.99. The Bertz CT molecular complexity index is 504. The Hall–Kier alpha value is -1.75. The number of hydrogen-bond donors (Lipinski definition) is 2. The van der Waals surface area contributed by atoms with Crippen LogP contribution in [0, 0.1) is 0 Å². The molecule has 0 bridgehead atoms. The van der Waals surface area contributed by atoms with E-state index in [0.29, 0.717) is 0 Å². The summed E-state index contributed by atoms with van der Waals surface area (Å²) in [6.07, 6.45) is -2.49. The summed E-state index contributed by atoms with van der Waals surface area (Å²) in [6, 6.07) is 0. The zero-order valence-electron chi connectivity index (χ0n) is 11.1. The minimum absolute atomic E-state index is 0.132. The van der Waals surface area contributed by atoms with Crippen LogP contribution in [0.1, 0.15) is 13.3 Å². The number of alkyl halides is 2. The fourth-order valence-electron chi connectivity index (χ4n) is 0.863. The predicted octanol–water partition coefficient (Wildman–Crippen LogP) is 0.703. The number of amides is 1. The first-order chi connectivity index (χ1) is 9.47. The zero-order valence-corrected chi connectivity index (χ0v) is 11.9. The molecule has 0 aromatic heterocycles. The van der Waals surface area contributed by atoms with E-state index in [0.717, 1.165) is 0 Å². The van der Waals surface area contributed by atoms with E-state index in [1.54, 1.807) is 0 Å². The van der Waals surface area contributed by atoms with Crippen molar-refractivity contribution in [1.29, 1.82) is 0 Å². The van der Waals surface area contributed by atoms with Crippen molar-refractivity contribution in [2.45, 2.75) is 18.6 Å². The highest BCUT2D eigenvalue weighted by atomic mass is 32.2. The van der Waals surface area contributed by atoms with Crippen LogP contribution in [0.4, 0.5) is 13.6 Å². The SMILES string of the molecule is C=C(C)C(=O)OCCNC(=O)OCCC(F)(F)S(=O)(=O)O. The summed E-state index contributed by atoms with van der Waals surface area (Å²) in [6.45, 7) is 3.52. The quantitative estimate of drug-likeness (QED) is 0.291. The van der Waals surface area contributed by atoms with Gasteiger partial charge in [0.1, 0.15) is 13.2 Å². The third-order valence-electron chi connectivity index (χ3n) is 1.96. The molecule has 0 fully saturated rings. The van der Waals surface area contributed by atoms with E-state index >= 15 is 0 Å². The van der Waals surface area contributed by atoms with E-state index in [1.807, 2.05) is 0 Å². The minimum atomic E-state index is -5.55. The van der Waals surface area contributed by atoms with E-state index in [2.05, 4.69) is 21.4 Å². The molecule has 1 amide bonds. The Morgan fingerprint density at radius 2 is 1.86 bits per heavy atom. The van der Waals surface area contributed by atoms with E-state index in [9.17, 15) is 26.8 Å². The lowest BCUT2D eigenvalue weighted by Gasteiger charge is -2.13. The maximum atomic E-state index is 12.7. The molecule has 0 spiro atoms. The second-order valence-corrected chi connectivity index (χ2v) is 5.39. The molecule has 8 nitrogen and oxygen atoms in total. The van der Waals surface area contributed by atoms with Crippen LogP contribution >= 0.6 is 0 Å². The fourth-order valence-corrected chi connectivity index (χ4v) is 1.20. The summed E-state index contributed by atoms with van der Waals surface area (Å²) in [5, 5.41) is -2.32. The van der Waals surface area contributed by atoms with Crippen LogP contribution in [0.5, 0.6) is 0 Å².